The van der Waals surface area contributed by atoms with Gasteiger partial charge in [-0.2, -0.15) is 0 Å². The Labute approximate surface area is 179 Å². The van der Waals surface area contributed by atoms with Gasteiger partial charge in [-0.1, -0.05) is 6.07 Å². The van der Waals surface area contributed by atoms with E-state index in [9.17, 15) is 13.2 Å². The SMILES string of the molecule is COc1ccc(C)c2c1N(C(=O)c1ccc3c(c1)SC1=NS(=O)(=O)CCN13)CCC2. The highest BCUT2D eigenvalue weighted by atomic mass is 32.2. The van der Waals surface area contributed by atoms with Crippen LogP contribution in [0.15, 0.2) is 39.6 Å². The standard InChI is InChI=1S/C21H21N3O4S2/c1-13-5-8-17(28-2)19-15(13)4-3-9-24(19)20(25)14-6-7-16-18(12-14)29-21-22-30(26,27)11-10-23(16)21/h5-8,12H,3-4,9-11H2,1-2H3. The van der Waals surface area contributed by atoms with Gasteiger partial charge in [0.15, 0.2) is 5.17 Å². The van der Waals surface area contributed by atoms with Gasteiger partial charge in [0.2, 0.25) is 0 Å². The number of methoxy groups -OCH3 is 1. The van der Waals surface area contributed by atoms with E-state index in [1.54, 1.807) is 12.0 Å². The first-order valence-electron chi connectivity index (χ1n) is 9.78. The molecule has 0 fully saturated rings. The Morgan fingerprint density at radius 2 is 2.03 bits per heavy atom. The fraction of sp³-hybridized carbons (Fsp3) is 0.333. The summed E-state index contributed by atoms with van der Waals surface area (Å²) >= 11 is 1.30. The number of anilines is 2. The van der Waals surface area contributed by atoms with E-state index < -0.39 is 10.0 Å². The Bertz CT molecular complexity index is 1210. The van der Waals surface area contributed by atoms with Gasteiger partial charge in [-0.05, 0) is 66.9 Å². The molecule has 0 aromatic heterocycles. The molecule has 30 heavy (non-hydrogen) atoms. The molecule has 3 heterocycles. The molecule has 0 atom stereocenters. The van der Waals surface area contributed by atoms with Gasteiger partial charge in [0.05, 0.1) is 24.2 Å². The summed E-state index contributed by atoms with van der Waals surface area (Å²) in [6, 6.07) is 9.47. The second-order valence-electron chi connectivity index (χ2n) is 7.57. The molecule has 0 saturated carbocycles. The maximum absolute atomic E-state index is 13.5. The Morgan fingerprint density at radius 1 is 1.20 bits per heavy atom. The lowest BCUT2D eigenvalue weighted by molar-refractivity contribution is 0.0984. The highest BCUT2D eigenvalue weighted by Crippen LogP contribution is 2.43. The number of fused-ring (bicyclic) bond motifs is 4. The maximum Gasteiger partial charge on any atom is 0.258 e. The minimum absolute atomic E-state index is 0.000882. The summed E-state index contributed by atoms with van der Waals surface area (Å²) in [6.45, 7) is 3.07. The average Bonchev–Trinajstić information content (AvgIpc) is 3.08. The zero-order valence-electron chi connectivity index (χ0n) is 16.7. The van der Waals surface area contributed by atoms with Gasteiger partial charge < -0.3 is 14.5 Å². The molecule has 0 bridgehead atoms. The molecule has 0 saturated heterocycles. The topological polar surface area (TPSA) is 79.3 Å². The molecular weight excluding hydrogens is 422 g/mol. The zero-order valence-corrected chi connectivity index (χ0v) is 18.3. The van der Waals surface area contributed by atoms with Crippen LogP contribution in [-0.4, -0.2) is 45.4 Å². The molecule has 9 heteroatoms. The fourth-order valence-corrected chi connectivity index (χ4v) is 6.54. The number of sulfonamides is 1. The van der Waals surface area contributed by atoms with Gasteiger partial charge in [0.25, 0.3) is 15.9 Å². The number of ether oxygens (including phenoxy) is 1. The number of rotatable bonds is 2. The van der Waals surface area contributed by atoms with Crippen LogP contribution in [0.5, 0.6) is 5.75 Å². The molecule has 0 unspecified atom stereocenters. The van der Waals surface area contributed by atoms with Crippen LogP contribution < -0.4 is 14.5 Å². The van der Waals surface area contributed by atoms with E-state index in [2.05, 4.69) is 11.3 Å². The van der Waals surface area contributed by atoms with Crippen molar-refractivity contribution in [3.05, 3.63) is 47.0 Å². The molecule has 0 radical (unpaired) electrons. The number of carbonyl (C=O) groups excluding carboxylic acids is 1. The summed E-state index contributed by atoms with van der Waals surface area (Å²) in [4.78, 5) is 18.0. The Balaban J connectivity index is 1.52. The van der Waals surface area contributed by atoms with Crippen LogP contribution >= 0.6 is 11.8 Å². The summed E-state index contributed by atoms with van der Waals surface area (Å²) in [5.74, 6) is 0.625. The third-order valence-corrected chi connectivity index (χ3v) is 8.05. The van der Waals surface area contributed by atoms with Crippen molar-refractivity contribution >= 4 is 44.2 Å². The van der Waals surface area contributed by atoms with Crippen molar-refractivity contribution in [3.63, 3.8) is 0 Å². The van der Waals surface area contributed by atoms with Gasteiger partial charge in [0.1, 0.15) is 5.75 Å². The Kier molecular flexibility index (Phi) is 4.55. The molecule has 3 aliphatic rings. The van der Waals surface area contributed by atoms with Gasteiger partial charge in [-0.25, -0.2) is 8.42 Å². The van der Waals surface area contributed by atoms with Crippen LogP contribution in [0.2, 0.25) is 0 Å². The highest BCUT2D eigenvalue weighted by Gasteiger charge is 2.34. The number of hydrogen-bond donors (Lipinski definition) is 0. The number of nitrogens with zero attached hydrogens (tertiary/aromatic N) is 3. The molecular formula is C21H21N3O4S2. The van der Waals surface area contributed by atoms with E-state index in [1.165, 1.54) is 11.8 Å². The third-order valence-electron chi connectivity index (χ3n) is 5.74. The lowest BCUT2D eigenvalue weighted by Crippen LogP contribution is -2.36. The second-order valence-corrected chi connectivity index (χ2v) is 10.3. The van der Waals surface area contributed by atoms with Crippen molar-refractivity contribution in [1.82, 2.24) is 0 Å². The van der Waals surface area contributed by atoms with Gasteiger partial charge >= 0.3 is 0 Å². The smallest absolute Gasteiger partial charge is 0.258 e. The van der Waals surface area contributed by atoms with E-state index >= 15 is 0 Å². The molecule has 0 spiro atoms. The molecule has 5 rings (SSSR count). The van der Waals surface area contributed by atoms with Crippen molar-refractivity contribution in [2.75, 3.05) is 35.8 Å². The first-order chi connectivity index (χ1) is 14.4. The highest BCUT2D eigenvalue weighted by molar-refractivity contribution is 8.15. The average molecular weight is 444 g/mol. The lowest BCUT2D eigenvalue weighted by atomic mass is 9.95. The zero-order chi connectivity index (χ0) is 21.0. The van der Waals surface area contributed by atoms with E-state index in [4.69, 9.17) is 4.74 Å². The first-order valence-corrected chi connectivity index (χ1v) is 12.2. The normalized spacial score (nSPS) is 18.9. The number of benzene rings is 2. The molecule has 7 nitrogen and oxygen atoms in total. The molecule has 156 valence electrons. The Hall–Kier alpha value is -2.52. The minimum Gasteiger partial charge on any atom is -0.495 e. The van der Waals surface area contributed by atoms with Crippen LogP contribution in [0.3, 0.4) is 0 Å². The lowest BCUT2D eigenvalue weighted by Gasteiger charge is -2.32. The summed E-state index contributed by atoms with van der Waals surface area (Å²) in [5, 5.41) is 0.460. The van der Waals surface area contributed by atoms with Crippen molar-refractivity contribution in [3.8, 4) is 5.75 Å². The minimum atomic E-state index is -3.41. The van der Waals surface area contributed by atoms with Crippen LogP contribution in [0.4, 0.5) is 11.4 Å². The number of aryl methyl sites for hydroxylation is 1. The summed E-state index contributed by atoms with van der Waals surface area (Å²) < 4.78 is 33.1. The van der Waals surface area contributed by atoms with E-state index in [0.717, 1.165) is 40.2 Å². The molecule has 1 amide bonds. The monoisotopic (exact) mass is 443 g/mol. The second kappa shape index (κ2) is 7.02. The summed E-state index contributed by atoms with van der Waals surface area (Å²) in [6.07, 6.45) is 1.82. The summed E-state index contributed by atoms with van der Waals surface area (Å²) in [5.41, 5.74) is 4.64. The van der Waals surface area contributed by atoms with Crippen molar-refractivity contribution in [2.24, 2.45) is 4.40 Å². The number of hydrogen-bond acceptors (Lipinski definition) is 6. The predicted octanol–water partition coefficient (Wildman–Crippen LogP) is 3.21. The fourth-order valence-electron chi connectivity index (χ4n) is 4.24. The van der Waals surface area contributed by atoms with Gasteiger partial charge in [0, 0.05) is 23.5 Å². The van der Waals surface area contributed by atoms with Crippen LogP contribution in [-0.2, 0) is 16.4 Å². The van der Waals surface area contributed by atoms with Crippen LogP contribution in [0.1, 0.15) is 27.9 Å². The van der Waals surface area contributed by atoms with Crippen molar-refractivity contribution in [2.45, 2.75) is 24.7 Å². The van der Waals surface area contributed by atoms with Crippen LogP contribution in [0, 0.1) is 6.92 Å². The molecule has 2 aromatic rings. The number of carbonyl (C=O) groups is 1. The first kappa shape index (κ1) is 19.4. The Morgan fingerprint density at radius 3 is 2.83 bits per heavy atom. The summed E-state index contributed by atoms with van der Waals surface area (Å²) in [7, 11) is -1.78. The molecule has 2 aromatic carbocycles. The van der Waals surface area contributed by atoms with Gasteiger partial charge in [-0.3, -0.25) is 4.79 Å². The number of thioether (sulfide) groups is 1. The number of amidine groups is 1. The van der Waals surface area contributed by atoms with Crippen molar-refractivity contribution < 1.29 is 17.9 Å². The molecule has 0 aliphatic carbocycles. The van der Waals surface area contributed by atoms with E-state index in [1.807, 2.05) is 35.2 Å². The predicted molar refractivity (Wildman–Crippen MR) is 119 cm³/mol. The maximum atomic E-state index is 13.5. The molecule has 0 N–H and O–H groups in total. The van der Waals surface area contributed by atoms with E-state index in [-0.39, 0.29) is 11.7 Å². The third kappa shape index (κ3) is 3.07. The van der Waals surface area contributed by atoms with Gasteiger partial charge in [-0.15, -0.1) is 4.40 Å². The number of amides is 1. The molecule has 3 aliphatic heterocycles. The quantitative estimate of drug-likeness (QED) is 0.709. The van der Waals surface area contributed by atoms with E-state index in [0.29, 0.717) is 29.6 Å². The largest absolute Gasteiger partial charge is 0.495 e. The van der Waals surface area contributed by atoms with Crippen LogP contribution in [0.25, 0.3) is 0 Å². The van der Waals surface area contributed by atoms with Crippen molar-refractivity contribution in [1.29, 1.82) is 0 Å².